The van der Waals surface area contributed by atoms with E-state index in [1.807, 2.05) is 6.92 Å². The Morgan fingerprint density at radius 3 is 2.65 bits per heavy atom. The fraction of sp³-hybridized carbons (Fsp3) is 0.550. The fourth-order valence-corrected chi connectivity index (χ4v) is 2.06. The van der Waals surface area contributed by atoms with Gasteiger partial charge in [-0.25, -0.2) is 4.98 Å². The average molecular weight is 377 g/mol. The number of rotatable bonds is 4. The van der Waals surface area contributed by atoms with Crippen molar-refractivity contribution in [2.75, 3.05) is 18.5 Å². The second-order valence-corrected chi connectivity index (χ2v) is 6.71. The highest BCUT2D eigenvalue weighted by molar-refractivity contribution is 6.28. The number of hydrogen-bond acceptors (Lipinski definition) is 5. The molecular weight excluding hydrogens is 348 g/mol. The summed E-state index contributed by atoms with van der Waals surface area (Å²) in [6.07, 6.45) is 7.75. The molecule has 0 aliphatic carbocycles. The van der Waals surface area contributed by atoms with Crippen LogP contribution < -0.4 is 5.32 Å². The quantitative estimate of drug-likeness (QED) is 0.453. The molecule has 6 heteroatoms. The second-order valence-electron chi connectivity index (χ2n) is 6.37. The summed E-state index contributed by atoms with van der Waals surface area (Å²) in [5.74, 6) is 7.42. The van der Waals surface area contributed by atoms with E-state index in [4.69, 9.17) is 21.7 Å². The Labute approximate surface area is 162 Å². The SMILES string of the molecule is C/C=C(/C#Cc1cnc(Cl)nc1NC1CCOCC1)C=N.CCC(C)C. The summed E-state index contributed by atoms with van der Waals surface area (Å²) in [6, 6.07) is 0.300. The molecule has 2 rings (SSSR count). The Morgan fingerprint density at radius 1 is 1.46 bits per heavy atom. The van der Waals surface area contributed by atoms with Crippen molar-refractivity contribution in [3.05, 3.63) is 28.7 Å². The van der Waals surface area contributed by atoms with Gasteiger partial charge in [0.2, 0.25) is 5.28 Å². The Bertz CT molecular complexity index is 656. The molecule has 0 saturated carbocycles. The van der Waals surface area contributed by atoms with Crippen molar-refractivity contribution in [1.82, 2.24) is 9.97 Å². The molecule has 0 aromatic carbocycles. The second kappa shape index (κ2) is 12.5. The van der Waals surface area contributed by atoms with Crippen molar-refractivity contribution >= 4 is 23.6 Å². The summed E-state index contributed by atoms with van der Waals surface area (Å²) in [6.45, 7) is 9.97. The van der Waals surface area contributed by atoms with Crippen LogP contribution in [0, 0.1) is 23.2 Å². The van der Waals surface area contributed by atoms with E-state index in [1.165, 1.54) is 12.6 Å². The normalized spacial score (nSPS) is 14.8. The molecule has 0 bridgehead atoms. The van der Waals surface area contributed by atoms with Gasteiger partial charge >= 0.3 is 0 Å². The zero-order chi connectivity index (χ0) is 19.4. The lowest BCUT2D eigenvalue weighted by Crippen LogP contribution is -2.28. The van der Waals surface area contributed by atoms with Gasteiger partial charge in [0, 0.05) is 37.2 Å². The average Bonchev–Trinajstić information content (AvgIpc) is 2.65. The van der Waals surface area contributed by atoms with E-state index in [9.17, 15) is 0 Å². The van der Waals surface area contributed by atoms with Gasteiger partial charge in [-0.15, -0.1) is 0 Å². The Kier molecular flexibility index (Phi) is 10.6. The highest BCUT2D eigenvalue weighted by Gasteiger charge is 2.15. The minimum atomic E-state index is 0.188. The van der Waals surface area contributed by atoms with Crippen LogP contribution in [-0.4, -0.2) is 35.4 Å². The van der Waals surface area contributed by atoms with E-state index in [0.717, 1.165) is 32.0 Å². The molecular formula is C20H29ClN4O. The summed E-state index contributed by atoms with van der Waals surface area (Å²) >= 11 is 5.87. The summed E-state index contributed by atoms with van der Waals surface area (Å²) < 4.78 is 5.34. The first-order valence-electron chi connectivity index (χ1n) is 9.05. The largest absolute Gasteiger partial charge is 0.381 e. The zero-order valence-corrected chi connectivity index (χ0v) is 16.9. The molecule has 0 atom stereocenters. The molecule has 1 aromatic rings. The number of allylic oxidation sites excluding steroid dienone is 2. The maximum absolute atomic E-state index is 7.24. The van der Waals surface area contributed by atoms with Gasteiger partial charge in [-0.1, -0.05) is 45.1 Å². The van der Waals surface area contributed by atoms with E-state index in [1.54, 1.807) is 12.3 Å². The minimum Gasteiger partial charge on any atom is -0.381 e. The van der Waals surface area contributed by atoms with Gasteiger partial charge in [0.15, 0.2) is 0 Å². The molecule has 0 spiro atoms. The van der Waals surface area contributed by atoms with E-state index in [2.05, 4.69) is 47.9 Å². The highest BCUT2D eigenvalue weighted by Crippen LogP contribution is 2.18. The fourth-order valence-electron chi connectivity index (χ4n) is 1.93. The number of nitrogens with zero attached hydrogens (tertiary/aromatic N) is 2. The number of anilines is 1. The van der Waals surface area contributed by atoms with Crippen LogP contribution in [0.4, 0.5) is 5.82 Å². The van der Waals surface area contributed by atoms with Crippen LogP contribution in [0.5, 0.6) is 0 Å². The first-order chi connectivity index (χ1) is 12.5. The van der Waals surface area contributed by atoms with Crippen molar-refractivity contribution in [2.45, 2.75) is 53.0 Å². The van der Waals surface area contributed by atoms with Crippen LogP contribution in [0.15, 0.2) is 17.8 Å². The molecule has 0 amide bonds. The molecule has 2 N–H and O–H groups in total. The van der Waals surface area contributed by atoms with Crippen molar-refractivity contribution < 1.29 is 4.74 Å². The predicted octanol–water partition coefficient (Wildman–Crippen LogP) is 4.72. The lowest BCUT2D eigenvalue weighted by atomic mass is 10.1. The van der Waals surface area contributed by atoms with Gasteiger partial charge in [-0.3, -0.25) is 0 Å². The molecule has 5 nitrogen and oxygen atoms in total. The maximum Gasteiger partial charge on any atom is 0.224 e. The van der Waals surface area contributed by atoms with Crippen LogP contribution in [0.2, 0.25) is 5.28 Å². The number of ether oxygens (including phenoxy) is 1. The monoisotopic (exact) mass is 376 g/mol. The third kappa shape index (κ3) is 8.46. The van der Waals surface area contributed by atoms with Gasteiger partial charge in [0.05, 0.1) is 5.56 Å². The summed E-state index contributed by atoms with van der Waals surface area (Å²) in [7, 11) is 0. The number of nitrogens with one attached hydrogen (secondary N) is 2. The predicted molar refractivity (Wildman–Crippen MR) is 109 cm³/mol. The number of aromatic nitrogens is 2. The van der Waals surface area contributed by atoms with Crippen LogP contribution in [-0.2, 0) is 4.74 Å². The van der Waals surface area contributed by atoms with Crippen molar-refractivity contribution in [1.29, 1.82) is 5.41 Å². The standard InChI is InChI=1S/C15H17ClN4O.C5H12/c1-2-11(9-17)3-4-12-10-18-15(16)20-14(12)19-13-5-7-21-8-6-13;1-4-5(2)3/h2,9-10,13,17H,5-8H2,1H3,(H,18,19,20);5H,4H2,1-3H3/b11-2-,17-9?;. The van der Waals surface area contributed by atoms with Crippen molar-refractivity contribution in [2.24, 2.45) is 5.92 Å². The molecule has 0 radical (unpaired) electrons. The van der Waals surface area contributed by atoms with Gasteiger partial charge in [0.1, 0.15) is 5.82 Å². The molecule has 26 heavy (non-hydrogen) atoms. The lowest BCUT2D eigenvalue weighted by molar-refractivity contribution is 0.0904. The smallest absolute Gasteiger partial charge is 0.224 e. The van der Waals surface area contributed by atoms with Gasteiger partial charge in [-0.05, 0) is 37.3 Å². The van der Waals surface area contributed by atoms with Gasteiger partial charge in [-0.2, -0.15) is 4.98 Å². The molecule has 142 valence electrons. The molecule has 0 unspecified atom stereocenters. The lowest BCUT2D eigenvalue weighted by Gasteiger charge is -2.24. The Balaban J connectivity index is 0.000000597. The molecule has 1 aromatic heterocycles. The summed E-state index contributed by atoms with van der Waals surface area (Å²) in [4.78, 5) is 8.19. The Morgan fingerprint density at radius 2 is 2.12 bits per heavy atom. The van der Waals surface area contributed by atoms with Crippen LogP contribution in [0.3, 0.4) is 0 Å². The number of halogens is 1. The van der Waals surface area contributed by atoms with E-state index in [0.29, 0.717) is 23.0 Å². The highest BCUT2D eigenvalue weighted by atomic mass is 35.5. The van der Waals surface area contributed by atoms with Crippen LogP contribution in [0.1, 0.15) is 52.5 Å². The van der Waals surface area contributed by atoms with E-state index in [-0.39, 0.29) is 5.28 Å². The first kappa shape index (κ1) is 22.1. The van der Waals surface area contributed by atoms with Gasteiger partial charge in [0.25, 0.3) is 0 Å². The molecule has 1 aliphatic rings. The van der Waals surface area contributed by atoms with Crippen LogP contribution in [0.25, 0.3) is 0 Å². The van der Waals surface area contributed by atoms with Crippen molar-refractivity contribution in [3.63, 3.8) is 0 Å². The maximum atomic E-state index is 7.24. The van der Waals surface area contributed by atoms with Crippen LogP contribution >= 0.6 is 11.6 Å². The van der Waals surface area contributed by atoms with Crippen molar-refractivity contribution in [3.8, 4) is 11.8 Å². The summed E-state index contributed by atoms with van der Waals surface area (Å²) in [5.41, 5.74) is 1.31. The third-order valence-electron chi connectivity index (χ3n) is 3.95. The molecule has 1 saturated heterocycles. The van der Waals surface area contributed by atoms with E-state index < -0.39 is 0 Å². The Hall–Kier alpha value is -1.90. The molecule has 1 aliphatic heterocycles. The number of hydrogen-bond donors (Lipinski definition) is 2. The molecule has 2 heterocycles. The molecule has 1 fully saturated rings. The first-order valence-corrected chi connectivity index (χ1v) is 9.43. The van der Waals surface area contributed by atoms with Gasteiger partial charge < -0.3 is 15.5 Å². The topological polar surface area (TPSA) is 70.9 Å². The summed E-state index contributed by atoms with van der Waals surface area (Å²) in [5, 5.41) is 10.8. The minimum absolute atomic E-state index is 0.188. The third-order valence-corrected chi connectivity index (χ3v) is 4.13. The van der Waals surface area contributed by atoms with E-state index >= 15 is 0 Å². The zero-order valence-electron chi connectivity index (χ0n) is 16.1.